The molecule has 1 saturated carbocycles. The molecule has 0 atom stereocenters. The number of anilines is 1. The molecule has 1 fully saturated rings. The lowest BCUT2D eigenvalue weighted by molar-refractivity contribution is -0.119. The normalized spacial score (nSPS) is 16.6. The van der Waals surface area contributed by atoms with E-state index in [-0.39, 0.29) is 25.3 Å². The molecule has 1 aromatic carbocycles. The number of ether oxygens (including phenoxy) is 2. The molecule has 8 heteroatoms. The van der Waals surface area contributed by atoms with Gasteiger partial charge in [-0.15, -0.1) is 0 Å². The van der Waals surface area contributed by atoms with Crippen molar-refractivity contribution in [1.82, 2.24) is 5.32 Å². The maximum absolute atomic E-state index is 11.9. The summed E-state index contributed by atoms with van der Waals surface area (Å²) in [5, 5.41) is 2.78. The first-order valence-corrected chi connectivity index (χ1v) is 8.45. The van der Waals surface area contributed by atoms with Crippen LogP contribution in [0.1, 0.15) is 12.8 Å². The van der Waals surface area contributed by atoms with Crippen molar-refractivity contribution in [2.24, 2.45) is 0 Å². The second-order valence-electron chi connectivity index (χ2n) is 5.15. The maximum Gasteiger partial charge on any atom is 0.240 e. The molecule has 0 bridgehead atoms. The lowest BCUT2D eigenvalue weighted by atomic mass is 10.3. The average Bonchev–Trinajstić information content (AvgIpc) is 3.08. The summed E-state index contributed by atoms with van der Waals surface area (Å²) in [5.41, 5.74) is 0.382. The molecular formula is C13H16N2O5S. The van der Waals surface area contributed by atoms with Gasteiger partial charge in [0.15, 0.2) is 11.5 Å². The smallest absolute Gasteiger partial charge is 0.240 e. The van der Waals surface area contributed by atoms with Crippen molar-refractivity contribution in [1.29, 1.82) is 0 Å². The van der Waals surface area contributed by atoms with E-state index in [4.69, 9.17) is 9.47 Å². The van der Waals surface area contributed by atoms with Gasteiger partial charge in [-0.1, -0.05) is 0 Å². The van der Waals surface area contributed by atoms with Gasteiger partial charge in [0.25, 0.3) is 0 Å². The number of hydrogen-bond acceptors (Lipinski definition) is 5. The van der Waals surface area contributed by atoms with Gasteiger partial charge in [0.1, 0.15) is 6.54 Å². The predicted octanol–water partition coefficient (Wildman–Crippen LogP) is 0.460. The van der Waals surface area contributed by atoms with Crippen molar-refractivity contribution in [3.63, 3.8) is 0 Å². The maximum atomic E-state index is 11.9. The van der Waals surface area contributed by atoms with Crippen LogP contribution in [0.2, 0.25) is 0 Å². The summed E-state index contributed by atoms with van der Waals surface area (Å²) in [6.07, 6.45) is 2.98. The van der Waals surface area contributed by atoms with Gasteiger partial charge < -0.3 is 14.8 Å². The molecule has 1 aliphatic carbocycles. The first-order valence-electron chi connectivity index (χ1n) is 6.60. The van der Waals surface area contributed by atoms with Crippen LogP contribution in [-0.2, 0) is 14.8 Å². The van der Waals surface area contributed by atoms with Gasteiger partial charge in [-0.2, -0.15) is 0 Å². The van der Waals surface area contributed by atoms with Crippen molar-refractivity contribution in [3.8, 4) is 11.5 Å². The van der Waals surface area contributed by atoms with Gasteiger partial charge in [0, 0.05) is 12.1 Å². The van der Waals surface area contributed by atoms with E-state index in [0.717, 1.165) is 23.4 Å². The minimum absolute atomic E-state index is 0.111. The summed E-state index contributed by atoms with van der Waals surface area (Å²) >= 11 is 0. The first-order chi connectivity index (χ1) is 9.93. The molecule has 0 saturated heterocycles. The summed E-state index contributed by atoms with van der Waals surface area (Å²) in [4.78, 5) is 11.9. The monoisotopic (exact) mass is 312 g/mol. The topological polar surface area (TPSA) is 84.9 Å². The lowest BCUT2D eigenvalue weighted by Gasteiger charge is -2.22. The van der Waals surface area contributed by atoms with Crippen LogP contribution in [0.15, 0.2) is 18.2 Å². The SMILES string of the molecule is CS(=O)(=O)N(CC(=O)NC1CC1)c1ccc2c(c1)OCO2. The van der Waals surface area contributed by atoms with Gasteiger partial charge >= 0.3 is 0 Å². The second-order valence-corrected chi connectivity index (χ2v) is 7.06. The largest absolute Gasteiger partial charge is 0.454 e. The van der Waals surface area contributed by atoms with Crippen molar-refractivity contribution < 1.29 is 22.7 Å². The molecule has 1 aliphatic heterocycles. The van der Waals surface area contributed by atoms with Crippen molar-refractivity contribution in [2.45, 2.75) is 18.9 Å². The number of hydrogen-bond donors (Lipinski definition) is 1. The Bertz CT molecular complexity index is 669. The lowest BCUT2D eigenvalue weighted by Crippen LogP contribution is -2.41. The van der Waals surface area contributed by atoms with E-state index < -0.39 is 10.0 Å². The number of sulfonamides is 1. The summed E-state index contributed by atoms with van der Waals surface area (Å²) in [6.45, 7) is -0.130. The van der Waals surface area contributed by atoms with Crippen LogP contribution in [-0.4, -0.2) is 40.0 Å². The number of nitrogens with one attached hydrogen (secondary N) is 1. The Balaban J connectivity index is 1.83. The Hall–Kier alpha value is -1.96. The molecule has 2 aliphatic rings. The van der Waals surface area contributed by atoms with Gasteiger partial charge in [-0.25, -0.2) is 8.42 Å². The third kappa shape index (κ3) is 3.21. The van der Waals surface area contributed by atoms with Gasteiger partial charge in [-0.05, 0) is 25.0 Å². The number of carbonyl (C=O) groups excluding carboxylic acids is 1. The summed E-state index contributed by atoms with van der Waals surface area (Å²) < 4.78 is 35.4. The van der Waals surface area contributed by atoms with E-state index in [1.54, 1.807) is 18.2 Å². The summed E-state index contributed by atoms with van der Waals surface area (Å²) in [6, 6.07) is 4.98. The minimum Gasteiger partial charge on any atom is -0.454 e. The molecule has 0 spiro atoms. The molecular weight excluding hydrogens is 296 g/mol. The zero-order chi connectivity index (χ0) is 15.0. The third-order valence-electron chi connectivity index (χ3n) is 3.27. The van der Waals surface area contributed by atoms with Crippen molar-refractivity contribution in [3.05, 3.63) is 18.2 Å². The number of benzene rings is 1. The molecule has 1 amide bonds. The van der Waals surface area contributed by atoms with E-state index in [1.165, 1.54) is 0 Å². The molecule has 3 rings (SSSR count). The molecule has 0 aromatic heterocycles. The fraction of sp³-hybridized carbons (Fsp3) is 0.462. The minimum atomic E-state index is -3.57. The molecule has 114 valence electrons. The number of carbonyl (C=O) groups is 1. The van der Waals surface area contributed by atoms with E-state index in [2.05, 4.69) is 5.32 Å². The van der Waals surface area contributed by atoms with Crippen LogP contribution in [0.25, 0.3) is 0 Å². The number of amides is 1. The Morgan fingerprint density at radius 1 is 1.33 bits per heavy atom. The molecule has 1 heterocycles. The highest BCUT2D eigenvalue weighted by molar-refractivity contribution is 7.92. The van der Waals surface area contributed by atoms with Gasteiger partial charge in [0.05, 0.1) is 11.9 Å². The second kappa shape index (κ2) is 5.10. The van der Waals surface area contributed by atoms with Gasteiger partial charge in [0.2, 0.25) is 22.7 Å². The van der Waals surface area contributed by atoms with E-state index in [0.29, 0.717) is 17.2 Å². The zero-order valence-corrected chi connectivity index (χ0v) is 12.4. The molecule has 1 aromatic rings. The highest BCUT2D eigenvalue weighted by Crippen LogP contribution is 2.36. The zero-order valence-electron chi connectivity index (χ0n) is 11.5. The predicted molar refractivity (Wildman–Crippen MR) is 75.9 cm³/mol. The molecule has 0 unspecified atom stereocenters. The number of fused-ring (bicyclic) bond motifs is 1. The van der Waals surface area contributed by atoms with Crippen LogP contribution < -0.4 is 19.1 Å². The highest BCUT2D eigenvalue weighted by Gasteiger charge is 2.27. The first kappa shape index (κ1) is 14.0. The van der Waals surface area contributed by atoms with Crippen LogP contribution >= 0.6 is 0 Å². The molecule has 1 N–H and O–H groups in total. The quantitative estimate of drug-likeness (QED) is 0.854. The van der Waals surface area contributed by atoms with E-state index in [9.17, 15) is 13.2 Å². The summed E-state index contributed by atoms with van der Waals surface area (Å²) in [5.74, 6) is 0.735. The Kier molecular flexibility index (Phi) is 3.40. The standard InChI is InChI=1S/C13H16N2O5S/c1-21(17,18)15(7-13(16)14-9-2-3-9)10-4-5-11-12(6-10)20-8-19-11/h4-6,9H,2-3,7-8H2,1H3,(H,14,16). The third-order valence-corrected chi connectivity index (χ3v) is 4.41. The Labute approximate surface area is 122 Å². The summed E-state index contributed by atoms with van der Waals surface area (Å²) in [7, 11) is -3.57. The fourth-order valence-electron chi connectivity index (χ4n) is 2.07. The van der Waals surface area contributed by atoms with Crippen molar-refractivity contribution >= 4 is 21.6 Å². The van der Waals surface area contributed by atoms with Crippen LogP contribution in [0.4, 0.5) is 5.69 Å². The van der Waals surface area contributed by atoms with Crippen LogP contribution in [0.5, 0.6) is 11.5 Å². The van der Waals surface area contributed by atoms with Crippen LogP contribution in [0, 0.1) is 0 Å². The van der Waals surface area contributed by atoms with E-state index >= 15 is 0 Å². The molecule has 0 radical (unpaired) electrons. The molecule has 21 heavy (non-hydrogen) atoms. The highest BCUT2D eigenvalue weighted by atomic mass is 32.2. The number of rotatable bonds is 5. The van der Waals surface area contributed by atoms with E-state index in [1.807, 2.05) is 0 Å². The van der Waals surface area contributed by atoms with Crippen LogP contribution in [0.3, 0.4) is 0 Å². The van der Waals surface area contributed by atoms with Gasteiger partial charge in [-0.3, -0.25) is 9.10 Å². The average molecular weight is 312 g/mol. The Morgan fingerprint density at radius 2 is 2.05 bits per heavy atom. The molecule has 7 nitrogen and oxygen atoms in total. The Morgan fingerprint density at radius 3 is 2.71 bits per heavy atom. The fourth-order valence-corrected chi connectivity index (χ4v) is 2.92. The number of nitrogens with zero attached hydrogens (tertiary/aromatic N) is 1. The van der Waals surface area contributed by atoms with Crippen molar-refractivity contribution in [2.75, 3.05) is 23.9 Å².